The number of ether oxygens (including phenoxy) is 1. The van der Waals surface area contributed by atoms with Crippen molar-refractivity contribution in [3.8, 4) is 0 Å². The van der Waals surface area contributed by atoms with Crippen molar-refractivity contribution in [1.82, 2.24) is 5.32 Å². The molecule has 0 spiro atoms. The van der Waals surface area contributed by atoms with Crippen LogP contribution in [0.5, 0.6) is 0 Å². The summed E-state index contributed by atoms with van der Waals surface area (Å²) in [5.41, 5.74) is 7.06. The topological polar surface area (TPSA) is 64.3 Å². The van der Waals surface area contributed by atoms with Gasteiger partial charge in [0.25, 0.3) is 0 Å². The fraction of sp³-hybridized carbons (Fsp3) is 0.500. The molecule has 0 saturated carbocycles. The van der Waals surface area contributed by atoms with Gasteiger partial charge in [-0.1, -0.05) is 37.3 Å². The van der Waals surface area contributed by atoms with Crippen molar-refractivity contribution in [3.05, 3.63) is 35.9 Å². The van der Waals surface area contributed by atoms with Gasteiger partial charge >= 0.3 is 6.09 Å². The van der Waals surface area contributed by atoms with Crippen LogP contribution in [0.25, 0.3) is 0 Å². The first-order valence-electron chi connectivity index (χ1n) is 6.34. The molecule has 2 atom stereocenters. The van der Waals surface area contributed by atoms with Crippen molar-refractivity contribution in [3.63, 3.8) is 0 Å². The number of hydrogen-bond donors (Lipinski definition) is 2. The zero-order valence-corrected chi connectivity index (χ0v) is 11.1. The van der Waals surface area contributed by atoms with Gasteiger partial charge in [0.2, 0.25) is 0 Å². The van der Waals surface area contributed by atoms with Crippen LogP contribution in [0.15, 0.2) is 30.3 Å². The Morgan fingerprint density at radius 3 is 2.67 bits per heavy atom. The summed E-state index contributed by atoms with van der Waals surface area (Å²) in [6.45, 7) is 4.18. The van der Waals surface area contributed by atoms with Crippen LogP contribution in [0.4, 0.5) is 4.79 Å². The molecule has 1 rings (SSSR count). The lowest BCUT2D eigenvalue weighted by atomic mass is 10.1. The van der Waals surface area contributed by atoms with Gasteiger partial charge in [-0.15, -0.1) is 0 Å². The normalized spacial score (nSPS) is 13.7. The number of nitrogens with one attached hydrogen (secondary N) is 1. The second kappa shape index (κ2) is 7.71. The zero-order chi connectivity index (χ0) is 13.4. The van der Waals surface area contributed by atoms with Gasteiger partial charge in [-0.25, -0.2) is 4.79 Å². The van der Waals surface area contributed by atoms with Crippen LogP contribution in [-0.4, -0.2) is 24.8 Å². The molecule has 0 radical (unpaired) electrons. The molecule has 0 saturated heterocycles. The minimum atomic E-state index is -0.395. The lowest BCUT2D eigenvalue weighted by molar-refractivity contribution is 0.135. The molecule has 0 fully saturated rings. The van der Waals surface area contributed by atoms with Crippen LogP contribution in [0.3, 0.4) is 0 Å². The van der Waals surface area contributed by atoms with E-state index in [-0.39, 0.29) is 18.7 Å². The van der Waals surface area contributed by atoms with Gasteiger partial charge in [0.15, 0.2) is 0 Å². The van der Waals surface area contributed by atoms with Crippen molar-refractivity contribution in [2.45, 2.75) is 38.8 Å². The van der Waals surface area contributed by atoms with E-state index in [9.17, 15) is 4.79 Å². The largest absolute Gasteiger partial charge is 0.448 e. The number of carbonyl (C=O) groups is 1. The van der Waals surface area contributed by atoms with Crippen molar-refractivity contribution in [1.29, 1.82) is 0 Å². The van der Waals surface area contributed by atoms with Gasteiger partial charge in [-0.05, 0) is 25.3 Å². The number of nitrogens with two attached hydrogens (primary N) is 1. The maximum atomic E-state index is 11.4. The minimum absolute atomic E-state index is 0.128. The molecule has 0 bridgehead atoms. The summed E-state index contributed by atoms with van der Waals surface area (Å²) < 4.78 is 5.07. The Hall–Kier alpha value is -1.55. The summed E-state index contributed by atoms with van der Waals surface area (Å²) in [6.07, 6.45) is 1.19. The Balaban J connectivity index is 2.25. The van der Waals surface area contributed by atoms with E-state index in [1.807, 2.05) is 44.2 Å². The molecule has 4 nitrogen and oxygen atoms in total. The molecule has 1 aromatic carbocycles. The summed E-state index contributed by atoms with van der Waals surface area (Å²) >= 11 is 0. The minimum Gasteiger partial charge on any atom is -0.448 e. The van der Waals surface area contributed by atoms with Gasteiger partial charge in [0, 0.05) is 12.1 Å². The van der Waals surface area contributed by atoms with Gasteiger partial charge in [-0.2, -0.15) is 0 Å². The van der Waals surface area contributed by atoms with Crippen LogP contribution in [0.1, 0.15) is 25.8 Å². The molecule has 0 aliphatic heterocycles. The first-order valence-corrected chi connectivity index (χ1v) is 6.34. The number of rotatable bonds is 6. The summed E-state index contributed by atoms with van der Waals surface area (Å²) in [4.78, 5) is 11.4. The molecule has 0 aromatic heterocycles. The highest BCUT2D eigenvalue weighted by atomic mass is 16.5. The van der Waals surface area contributed by atoms with Crippen molar-refractivity contribution < 1.29 is 9.53 Å². The maximum absolute atomic E-state index is 11.4. The number of benzene rings is 1. The number of alkyl carbamates (subject to hydrolysis) is 1. The summed E-state index contributed by atoms with van der Waals surface area (Å²) in [5.74, 6) is 0. The summed E-state index contributed by atoms with van der Waals surface area (Å²) in [5, 5.41) is 2.73. The Kier molecular flexibility index (Phi) is 6.22. The van der Waals surface area contributed by atoms with Gasteiger partial charge in [-0.3, -0.25) is 0 Å². The Morgan fingerprint density at radius 1 is 1.39 bits per heavy atom. The van der Waals surface area contributed by atoms with E-state index in [4.69, 9.17) is 10.5 Å². The van der Waals surface area contributed by atoms with Gasteiger partial charge < -0.3 is 15.8 Å². The maximum Gasteiger partial charge on any atom is 0.407 e. The first kappa shape index (κ1) is 14.5. The Morgan fingerprint density at radius 2 is 2.06 bits per heavy atom. The predicted octanol–water partition coefficient (Wildman–Crippen LogP) is 2.08. The van der Waals surface area contributed by atoms with Gasteiger partial charge in [0.05, 0.1) is 0 Å². The second-order valence-electron chi connectivity index (χ2n) is 4.50. The lowest BCUT2D eigenvalue weighted by Crippen LogP contribution is -2.36. The molecule has 2 unspecified atom stereocenters. The highest BCUT2D eigenvalue weighted by Crippen LogP contribution is 2.02. The highest BCUT2D eigenvalue weighted by molar-refractivity contribution is 5.67. The Bertz CT molecular complexity index is 354. The molecule has 4 heteroatoms. The SMILES string of the molecule is CCC(C)NC(=O)OCC(N)Cc1ccccc1. The van der Waals surface area contributed by atoms with E-state index in [0.29, 0.717) is 6.42 Å². The average Bonchev–Trinajstić information content (AvgIpc) is 2.37. The van der Waals surface area contributed by atoms with E-state index in [2.05, 4.69) is 5.32 Å². The molecule has 3 N–H and O–H groups in total. The molecule has 100 valence electrons. The van der Waals surface area contributed by atoms with Crippen LogP contribution >= 0.6 is 0 Å². The number of carbonyl (C=O) groups excluding carboxylic acids is 1. The van der Waals surface area contributed by atoms with Crippen LogP contribution in [-0.2, 0) is 11.2 Å². The quantitative estimate of drug-likeness (QED) is 0.812. The third-order valence-electron chi connectivity index (χ3n) is 2.75. The number of amides is 1. The Labute approximate surface area is 109 Å². The van der Waals surface area contributed by atoms with Crippen molar-refractivity contribution in [2.75, 3.05) is 6.61 Å². The summed E-state index contributed by atoms with van der Waals surface area (Å²) in [7, 11) is 0. The third kappa shape index (κ3) is 5.68. The van der Waals surface area contributed by atoms with E-state index in [0.717, 1.165) is 12.0 Å². The van der Waals surface area contributed by atoms with Crippen LogP contribution in [0.2, 0.25) is 0 Å². The highest BCUT2D eigenvalue weighted by Gasteiger charge is 2.09. The van der Waals surface area contributed by atoms with Crippen LogP contribution in [0, 0.1) is 0 Å². The van der Waals surface area contributed by atoms with Crippen molar-refractivity contribution >= 4 is 6.09 Å². The molecule has 18 heavy (non-hydrogen) atoms. The molecule has 0 aliphatic rings. The van der Waals surface area contributed by atoms with E-state index >= 15 is 0 Å². The van der Waals surface area contributed by atoms with E-state index < -0.39 is 6.09 Å². The molecule has 1 amide bonds. The molecule has 0 aliphatic carbocycles. The molecular formula is C14H22N2O2. The van der Waals surface area contributed by atoms with Crippen LogP contribution < -0.4 is 11.1 Å². The van der Waals surface area contributed by atoms with Crippen molar-refractivity contribution in [2.24, 2.45) is 5.73 Å². The van der Waals surface area contributed by atoms with E-state index in [1.165, 1.54) is 0 Å². The molecule has 1 aromatic rings. The number of hydrogen-bond acceptors (Lipinski definition) is 3. The van der Waals surface area contributed by atoms with E-state index in [1.54, 1.807) is 0 Å². The summed E-state index contributed by atoms with van der Waals surface area (Å²) in [6, 6.07) is 9.89. The zero-order valence-electron chi connectivity index (χ0n) is 11.1. The fourth-order valence-corrected chi connectivity index (χ4v) is 1.50. The second-order valence-corrected chi connectivity index (χ2v) is 4.50. The third-order valence-corrected chi connectivity index (χ3v) is 2.75. The molecular weight excluding hydrogens is 228 g/mol. The smallest absolute Gasteiger partial charge is 0.407 e. The van der Waals surface area contributed by atoms with Gasteiger partial charge in [0.1, 0.15) is 6.61 Å². The molecule has 0 heterocycles. The first-order chi connectivity index (χ1) is 8.61. The monoisotopic (exact) mass is 250 g/mol. The lowest BCUT2D eigenvalue weighted by Gasteiger charge is -2.15. The average molecular weight is 250 g/mol. The predicted molar refractivity (Wildman–Crippen MR) is 72.4 cm³/mol. The fourth-order valence-electron chi connectivity index (χ4n) is 1.50. The standard InChI is InChI=1S/C14H22N2O2/c1-3-11(2)16-14(17)18-10-13(15)9-12-7-5-4-6-8-12/h4-8,11,13H,3,9-10,15H2,1-2H3,(H,16,17).